The third-order valence-corrected chi connectivity index (χ3v) is 9.16. The third-order valence-electron chi connectivity index (χ3n) is 4.83. The molecule has 0 saturated carbocycles. The fraction of sp³-hybridized carbons (Fsp3) is 0.579. The zero-order valence-electron chi connectivity index (χ0n) is 15.8. The van der Waals surface area contributed by atoms with E-state index in [4.69, 9.17) is 18.6 Å². The molecule has 1 aromatic carbocycles. The van der Waals surface area contributed by atoms with Gasteiger partial charge in [0.25, 0.3) is 8.32 Å². The SMILES string of the molecule is C=CCc1ccc(C2OCCO2)c(O[Si](C)(C)C(C)(C)C)c1OC. The van der Waals surface area contributed by atoms with E-state index < -0.39 is 14.6 Å². The molecule has 0 N–H and O–H groups in total. The van der Waals surface area contributed by atoms with Gasteiger partial charge in [-0.1, -0.05) is 32.9 Å². The number of hydrogen-bond acceptors (Lipinski definition) is 4. The highest BCUT2D eigenvalue weighted by atomic mass is 28.4. The molecule has 24 heavy (non-hydrogen) atoms. The maximum atomic E-state index is 6.64. The van der Waals surface area contributed by atoms with Crippen LogP contribution in [0.2, 0.25) is 18.1 Å². The average Bonchev–Trinajstić information content (AvgIpc) is 3.00. The van der Waals surface area contributed by atoms with Crippen molar-refractivity contribution < 1.29 is 18.6 Å². The molecule has 5 heteroatoms. The van der Waals surface area contributed by atoms with E-state index in [1.807, 2.05) is 18.2 Å². The molecule has 134 valence electrons. The van der Waals surface area contributed by atoms with Crippen LogP contribution in [0.5, 0.6) is 11.5 Å². The summed E-state index contributed by atoms with van der Waals surface area (Å²) in [6, 6.07) is 4.07. The van der Waals surface area contributed by atoms with Crippen LogP contribution in [0.4, 0.5) is 0 Å². The standard InChI is InChI=1S/C19H30O4Si/c1-8-9-14-10-11-15(18-21-12-13-22-18)17(16(14)20-5)23-24(6,7)19(2,3)4/h8,10-11,18H,1,9,12-13H2,2-7H3. The lowest BCUT2D eigenvalue weighted by molar-refractivity contribution is -0.0452. The molecule has 1 fully saturated rings. The van der Waals surface area contributed by atoms with Crippen LogP contribution in [0.25, 0.3) is 0 Å². The van der Waals surface area contributed by atoms with Gasteiger partial charge in [0.05, 0.1) is 25.9 Å². The Morgan fingerprint density at radius 3 is 2.33 bits per heavy atom. The zero-order valence-corrected chi connectivity index (χ0v) is 16.8. The quantitative estimate of drug-likeness (QED) is 0.543. The largest absolute Gasteiger partial charge is 0.541 e. The second kappa shape index (κ2) is 7.29. The Labute approximate surface area is 146 Å². The second-order valence-electron chi connectivity index (χ2n) is 7.60. The van der Waals surface area contributed by atoms with Gasteiger partial charge >= 0.3 is 0 Å². The number of ether oxygens (including phenoxy) is 3. The summed E-state index contributed by atoms with van der Waals surface area (Å²) in [5.74, 6) is 1.52. The topological polar surface area (TPSA) is 36.9 Å². The summed E-state index contributed by atoms with van der Waals surface area (Å²) in [5.41, 5.74) is 1.96. The Kier molecular flexibility index (Phi) is 5.78. The van der Waals surface area contributed by atoms with E-state index in [0.717, 1.165) is 29.0 Å². The Morgan fingerprint density at radius 2 is 1.83 bits per heavy atom. The predicted molar refractivity (Wildman–Crippen MR) is 99.4 cm³/mol. The minimum Gasteiger partial charge on any atom is -0.541 e. The molecule has 0 bridgehead atoms. The van der Waals surface area contributed by atoms with E-state index in [1.165, 1.54) is 0 Å². The van der Waals surface area contributed by atoms with E-state index in [1.54, 1.807) is 7.11 Å². The Morgan fingerprint density at radius 1 is 1.21 bits per heavy atom. The third kappa shape index (κ3) is 3.85. The molecule has 1 aromatic rings. The van der Waals surface area contributed by atoms with Crippen molar-refractivity contribution in [3.8, 4) is 11.5 Å². The van der Waals surface area contributed by atoms with Crippen LogP contribution in [-0.2, 0) is 15.9 Å². The second-order valence-corrected chi connectivity index (χ2v) is 12.3. The van der Waals surface area contributed by atoms with Crippen LogP contribution in [0, 0.1) is 0 Å². The molecule has 0 atom stereocenters. The summed E-state index contributed by atoms with van der Waals surface area (Å²) in [6.07, 6.45) is 2.20. The van der Waals surface area contributed by atoms with Gasteiger partial charge in [-0.2, -0.15) is 0 Å². The van der Waals surface area contributed by atoms with E-state index in [2.05, 4.69) is 40.4 Å². The van der Waals surface area contributed by atoms with Crippen molar-refractivity contribution in [2.75, 3.05) is 20.3 Å². The minimum absolute atomic E-state index is 0.0844. The van der Waals surface area contributed by atoms with Crippen molar-refractivity contribution in [1.29, 1.82) is 0 Å². The molecule has 1 aliphatic heterocycles. The fourth-order valence-electron chi connectivity index (χ4n) is 2.40. The van der Waals surface area contributed by atoms with Crippen LogP contribution in [0.3, 0.4) is 0 Å². The summed E-state index contributed by atoms with van der Waals surface area (Å²) in [5, 5.41) is 0.0844. The molecule has 0 spiro atoms. The summed E-state index contributed by atoms with van der Waals surface area (Å²) >= 11 is 0. The molecule has 0 aliphatic carbocycles. The van der Waals surface area contributed by atoms with E-state index in [-0.39, 0.29) is 5.04 Å². The summed E-state index contributed by atoms with van der Waals surface area (Å²) in [7, 11) is -0.357. The molecule has 1 heterocycles. The Balaban J connectivity index is 2.54. The van der Waals surface area contributed by atoms with Gasteiger partial charge < -0.3 is 18.6 Å². The van der Waals surface area contributed by atoms with Gasteiger partial charge in [0.15, 0.2) is 17.8 Å². The van der Waals surface area contributed by atoms with Gasteiger partial charge in [0.2, 0.25) is 0 Å². The summed E-state index contributed by atoms with van der Waals surface area (Å²) in [6.45, 7) is 16.2. The van der Waals surface area contributed by atoms with Gasteiger partial charge in [-0.3, -0.25) is 0 Å². The molecular formula is C19H30O4Si. The van der Waals surface area contributed by atoms with Crippen LogP contribution in [-0.4, -0.2) is 28.6 Å². The molecule has 1 saturated heterocycles. The van der Waals surface area contributed by atoms with E-state index in [9.17, 15) is 0 Å². The number of hydrogen-bond donors (Lipinski definition) is 0. The Hall–Kier alpha value is -1.30. The maximum Gasteiger partial charge on any atom is 0.250 e. The van der Waals surface area contributed by atoms with Crippen molar-refractivity contribution >= 4 is 8.32 Å². The highest BCUT2D eigenvalue weighted by Gasteiger charge is 2.41. The molecular weight excluding hydrogens is 320 g/mol. The van der Waals surface area contributed by atoms with Crippen molar-refractivity contribution in [2.45, 2.75) is 51.6 Å². The molecule has 0 amide bonds. The first-order valence-corrected chi connectivity index (χ1v) is 11.3. The molecule has 2 rings (SSSR count). The highest BCUT2D eigenvalue weighted by molar-refractivity contribution is 6.74. The lowest BCUT2D eigenvalue weighted by Crippen LogP contribution is -2.44. The normalized spacial score (nSPS) is 16.2. The summed E-state index contributed by atoms with van der Waals surface area (Å²) in [4.78, 5) is 0. The monoisotopic (exact) mass is 350 g/mol. The minimum atomic E-state index is -2.04. The van der Waals surface area contributed by atoms with Crippen LogP contribution in [0.15, 0.2) is 24.8 Å². The van der Waals surface area contributed by atoms with Crippen LogP contribution in [0.1, 0.15) is 38.2 Å². The maximum absolute atomic E-state index is 6.64. The Bertz CT molecular complexity index is 584. The fourth-order valence-corrected chi connectivity index (χ4v) is 3.42. The first-order chi connectivity index (χ1) is 11.2. The van der Waals surface area contributed by atoms with Gasteiger partial charge in [-0.25, -0.2) is 0 Å². The van der Waals surface area contributed by atoms with E-state index in [0.29, 0.717) is 13.2 Å². The smallest absolute Gasteiger partial charge is 0.250 e. The number of allylic oxidation sites excluding steroid dienone is 1. The van der Waals surface area contributed by atoms with Gasteiger partial charge in [0, 0.05) is 5.56 Å². The van der Waals surface area contributed by atoms with Gasteiger partial charge in [-0.05, 0) is 30.6 Å². The van der Waals surface area contributed by atoms with Crippen molar-refractivity contribution in [1.82, 2.24) is 0 Å². The van der Waals surface area contributed by atoms with Crippen LogP contribution >= 0.6 is 0 Å². The number of benzene rings is 1. The van der Waals surface area contributed by atoms with Crippen molar-refractivity contribution in [3.05, 3.63) is 35.9 Å². The van der Waals surface area contributed by atoms with Gasteiger partial charge in [-0.15, -0.1) is 6.58 Å². The van der Waals surface area contributed by atoms with Gasteiger partial charge in [0.1, 0.15) is 0 Å². The molecule has 1 aliphatic rings. The molecule has 4 nitrogen and oxygen atoms in total. The van der Waals surface area contributed by atoms with Crippen molar-refractivity contribution in [3.63, 3.8) is 0 Å². The molecule has 0 unspecified atom stereocenters. The van der Waals surface area contributed by atoms with E-state index >= 15 is 0 Å². The molecule has 0 radical (unpaired) electrons. The molecule has 0 aromatic heterocycles. The number of rotatable bonds is 6. The lowest BCUT2D eigenvalue weighted by Gasteiger charge is -2.38. The van der Waals surface area contributed by atoms with Crippen LogP contribution < -0.4 is 9.16 Å². The lowest BCUT2D eigenvalue weighted by atomic mass is 10.1. The zero-order chi connectivity index (χ0) is 18.0. The highest BCUT2D eigenvalue weighted by Crippen LogP contribution is 2.45. The number of methoxy groups -OCH3 is 1. The average molecular weight is 351 g/mol. The summed E-state index contributed by atoms with van der Waals surface area (Å²) < 4.78 is 23.8. The first kappa shape index (κ1) is 19.0. The predicted octanol–water partition coefficient (Wildman–Crippen LogP) is 4.85. The van der Waals surface area contributed by atoms with Crippen molar-refractivity contribution in [2.24, 2.45) is 0 Å². The first-order valence-electron chi connectivity index (χ1n) is 8.44.